The summed E-state index contributed by atoms with van der Waals surface area (Å²) >= 11 is 1.66. The summed E-state index contributed by atoms with van der Waals surface area (Å²) in [6.45, 7) is 2.15. The number of hydrogen-bond acceptors (Lipinski definition) is 4. The summed E-state index contributed by atoms with van der Waals surface area (Å²) < 4.78 is 1.86. The first kappa shape index (κ1) is 11.3. The lowest BCUT2D eigenvalue weighted by Gasteiger charge is -1.97. The molecule has 5 heteroatoms. The minimum absolute atomic E-state index is 0.794. The molecule has 0 aromatic carbocycles. The zero-order chi connectivity index (χ0) is 12.5. The summed E-state index contributed by atoms with van der Waals surface area (Å²) in [6, 6.07) is 4.06. The molecule has 18 heavy (non-hydrogen) atoms. The van der Waals surface area contributed by atoms with Crippen LogP contribution in [0.15, 0.2) is 23.7 Å². The van der Waals surface area contributed by atoms with Gasteiger partial charge in [-0.1, -0.05) is 19.4 Å². The highest BCUT2D eigenvalue weighted by Gasteiger charge is 2.12. The smallest absolute Gasteiger partial charge is 0.170 e. The Balaban J connectivity index is 2.18. The van der Waals surface area contributed by atoms with Crippen molar-refractivity contribution in [1.29, 1.82) is 0 Å². The predicted octanol–water partition coefficient (Wildman–Crippen LogP) is 3.04. The van der Waals surface area contributed by atoms with Crippen LogP contribution in [0.4, 0.5) is 0 Å². The molecule has 0 amide bonds. The van der Waals surface area contributed by atoms with Gasteiger partial charge in [-0.15, -0.1) is 11.3 Å². The van der Waals surface area contributed by atoms with E-state index in [4.69, 9.17) is 0 Å². The van der Waals surface area contributed by atoms with Crippen LogP contribution in [0.2, 0.25) is 0 Å². The minimum atomic E-state index is 0.794. The molecule has 3 aromatic heterocycles. The van der Waals surface area contributed by atoms with Gasteiger partial charge in [0.2, 0.25) is 0 Å². The van der Waals surface area contributed by atoms with Gasteiger partial charge in [-0.3, -0.25) is 4.68 Å². The van der Waals surface area contributed by atoms with Crippen molar-refractivity contribution in [1.82, 2.24) is 19.7 Å². The molecule has 3 heterocycles. The third-order valence-corrected chi connectivity index (χ3v) is 3.76. The molecular weight excluding hydrogens is 244 g/mol. The average molecular weight is 258 g/mol. The topological polar surface area (TPSA) is 43.6 Å². The Morgan fingerprint density at radius 2 is 2.28 bits per heavy atom. The molecule has 3 rings (SSSR count). The molecule has 0 fully saturated rings. The van der Waals surface area contributed by atoms with E-state index in [1.54, 1.807) is 11.3 Å². The van der Waals surface area contributed by atoms with Crippen molar-refractivity contribution in [2.75, 3.05) is 0 Å². The lowest BCUT2D eigenvalue weighted by molar-refractivity contribution is 0.752. The lowest BCUT2D eigenvalue weighted by atomic mass is 10.2. The maximum absolute atomic E-state index is 4.67. The van der Waals surface area contributed by atoms with Gasteiger partial charge in [-0.2, -0.15) is 5.10 Å². The van der Waals surface area contributed by atoms with Crippen LogP contribution in [0.25, 0.3) is 21.7 Å². The van der Waals surface area contributed by atoms with Crippen LogP contribution in [0, 0.1) is 0 Å². The normalized spacial score (nSPS) is 11.2. The third-order valence-electron chi connectivity index (χ3n) is 2.89. The van der Waals surface area contributed by atoms with E-state index in [2.05, 4.69) is 22.0 Å². The molecule has 0 saturated carbocycles. The molecule has 0 radical (unpaired) electrons. The van der Waals surface area contributed by atoms with Gasteiger partial charge in [-0.25, -0.2) is 9.97 Å². The van der Waals surface area contributed by atoms with Crippen molar-refractivity contribution in [3.05, 3.63) is 29.4 Å². The summed E-state index contributed by atoms with van der Waals surface area (Å²) in [5.41, 5.74) is 3.05. The molecule has 0 saturated heterocycles. The van der Waals surface area contributed by atoms with E-state index in [1.165, 1.54) is 0 Å². The Morgan fingerprint density at radius 1 is 1.39 bits per heavy atom. The first-order chi connectivity index (χ1) is 8.79. The maximum atomic E-state index is 4.67. The van der Waals surface area contributed by atoms with Gasteiger partial charge in [0, 0.05) is 7.05 Å². The molecule has 92 valence electrons. The Bertz CT molecular complexity index is 670. The fraction of sp³-hybridized carbons (Fsp3) is 0.308. The molecule has 0 spiro atoms. The van der Waals surface area contributed by atoms with Crippen LogP contribution >= 0.6 is 11.3 Å². The van der Waals surface area contributed by atoms with Crippen LogP contribution in [0.1, 0.15) is 19.0 Å². The molecular formula is C13H14N4S. The highest BCUT2D eigenvalue weighted by molar-refractivity contribution is 7.13. The Morgan fingerprint density at radius 3 is 3.00 bits per heavy atom. The van der Waals surface area contributed by atoms with Gasteiger partial charge in [0.05, 0.1) is 16.8 Å². The first-order valence-electron chi connectivity index (χ1n) is 6.02. The number of rotatable bonds is 3. The van der Waals surface area contributed by atoms with Crippen molar-refractivity contribution < 1.29 is 0 Å². The number of thiophene rings is 1. The van der Waals surface area contributed by atoms with Gasteiger partial charge in [0.25, 0.3) is 0 Å². The molecule has 0 aliphatic carbocycles. The molecule has 0 aliphatic heterocycles. The Labute approximate surface area is 109 Å². The largest absolute Gasteiger partial charge is 0.264 e. The van der Waals surface area contributed by atoms with Crippen LogP contribution in [-0.4, -0.2) is 19.7 Å². The number of fused-ring (bicyclic) bond motifs is 1. The standard InChI is InChI=1S/C13H14N4S/c1-3-5-9-12-10(17(2)16-9)8-14-13(15-12)11-6-4-7-18-11/h4,6-8H,3,5H2,1-2H3. The van der Waals surface area contributed by atoms with E-state index >= 15 is 0 Å². The number of aromatic nitrogens is 4. The second-order valence-electron chi connectivity index (χ2n) is 4.23. The van der Waals surface area contributed by atoms with Crippen LogP contribution in [-0.2, 0) is 13.5 Å². The van der Waals surface area contributed by atoms with Gasteiger partial charge in [0.1, 0.15) is 11.0 Å². The number of hydrogen-bond donors (Lipinski definition) is 0. The fourth-order valence-electron chi connectivity index (χ4n) is 2.04. The molecule has 4 nitrogen and oxygen atoms in total. The van der Waals surface area contributed by atoms with E-state index in [0.717, 1.165) is 40.3 Å². The monoisotopic (exact) mass is 258 g/mol. The molecule has 0 N–H and O–H groups in total. The van der Waals surface area contributed by atoms with Crippen molar-refractivity contribution in [2.24, 2.45) is 7.05 Å². The molecule has 0 aliphatic rings. The third kappa shape index (κ3) is 1.80. The van der Waals surface area contributed by atoms with Gasteiger partial charge in [-0.05, 0) is 17.9 Å². The van der Waals surface area contributed by atoms with Gasteiger partial charge >= 0.3 is 0 Å². The minimum Gasteiger partial charge on any atom is -0.264 e. The zero-order valence-electron chi connectivity index (χ0n) is 10.4. The van der Waals surface area contributed by atoms with Crippen LogP contribution in [0.5, 0.6) is 0 Å². The van der Waals surface area contributed by atoms with E-state index in [9.17, 15) is 0 Å². The highest BCUT2D eigenvalue weighted by Crippen LogP contribution is 2.24. The van der Waals surface area contributed by atoms with E-state index < -0.39 is 0 Å². The quantitative estimate of drug-likeness (QED) is 0.725. The second-order valence-corrected chi connectivity index (χ2v) is 5.17. The molecule has 0 unspecified atom stereocenters. The van der Waals surface area contributed by atoms with E-state index in [-0.39, 0.29) is 0 Å². The van der Waals surface area contributed by atoms with Crippen molar-refractivity contribution in [3.63, 3.8) is 0 Å². The average Bonchev–Trinajstić information content (AvgIpc) is 2.99. The molecule has 0 bridgehead atoms. The Kier molecular flexibility index (Phi) is 2.83. The van der Waals surface area contributed by atoms with Gasteiger partial charge < -0.3 is 0 Å². The molecule has 0 atom stereocenters. The fourth-order valence-corrected chi connectivity index (χ4v) is 2.70. The summed E-state index contributed by atoms with van der Waals surface area (Å²) in [5, 5.41) is 6.56. The van der Waals surface area contributed by atoms with E-state index in [0.29, 0.717) is 0 Å². The van der Waals surface area contributed by atoms with Crippen LogP contribution in [0.3, 0.4) is 0 Å². The van der Waals surface area contributed by atoms with Crippen molar-refractivity contribution >= 4 is 22.4 Å². The zero-order valence-corrected chi connectivity index (χ0v) is 11.2. The first-order valence-corrected chi connectivity index (χ1v) is 6.90. The van der Waals surface area contributed by atoms with E-state index in [1.807, 2.05) is 35.4 Å². The summed E-state index contributed by atoms with van der Waals surface area (Å²) in [7, 11) is 1.94. The highest BCUT2D eigenvalue weighted by atomic mass is 32.1. The van der Waals surface area contributed by atoms with Crippen molar-refractivity contribution in [3.8, 4) is 10.7 Å². The number of nitrogens with zero attached hydrogens (tertiary/aromatic N) is 4. The predicted molar refractivity (Wildman–Crippen MR) is 73.6 cm³/mol. The number of aryl methyl sites for hydroxylation is 2. The Hall–Kier alpha value is -1.75. The summed E-state index contributed by atoms with van der Waals surface area (Å²) in [4.78, 5) is 10.2. The van der Waals surface area contributed by atoms with Crippen molar-refractivity contribution in [2.45, 2.75) is 19.8 Å². The molecule has 3 aromatic rings. The maximum Gasteiger partial charge on any atom is 0.170 e. The SMILES string of the molecule is CCCc1nn(C)c2cnc(-c3cccs3)nc12. The lowest BCUT2D eigenvalue weighted by Crippen LogP contribution is -1.91. The second kappa shape index (κ2) is 4.49. The summed E-state index contributed by atoms with van der Waals surface area (Å²) in [6.07, 6.45) is 3.90. The summed E-state index contributed by atoms with van der Waals surface area (Å²) in [5.74, 6) is 0.794. The van der Waals surface area contributed by atoms with Crippen LogP contribution < -0.4 is 0 Å². The van der Waals surface area contributed by atoms with Gasteiger partial charge in [0.15, 0.2) is 5.82 Å².